The van der Waals surface area contributed by atoms with Crippen LogP contribution in [0.3, 0.4) is 0 Å². The number of hydrogen-bond donors (Lipinski definition) is 0. The van der Waals surface area contributed by atoms with Crippen molar-refractivity contribution in [2.24, 2.45) is 5.92 Å². The first-order chi connectivity index (χ1) is 6.79. The zero-order valence-corrected chi connectivity index (χ0v) is 10.4. The highest BCUT2D eigenvalue weighted by molar-refractivity contribution is 8.25. The molecule has 1 atom stereocenters. The van der Waals surface area contributed by atoms with Crippen LogP contribution in [0.15, 0.2) is 35.1 Å². The van der Waals surface area contributed by atoms with Crippen LogP contribution in [-0.4, -0.2) is 11.5 Å². The molecule has 1 rings (SSSR count). The molecule has 78 valence electrons. The average molecular weight is 226 g/mol. The molecule has 1 saturated heterocycles. The minimum Gasteiger partial charge on any atom is -0.118 e. The van der Waals surface area contributed by atoms with Gasteiger partial charge in [0.2, 0.25) is 0 Å². The molecule has 1 aliphatic rings. The fraction of sp³-hybridized carbons (Fsp3) is 0.500. The third-order valence-electron chi connectivity index (χ3n) is 2.29. The topological polar surface area (TPSA) is 0 Å². The Labute approximate surface area is 95.9 Å². The summed E-state index contributed by atoms with van der Waals surface area (Å²) in [6.45, 7) is 9.93. The van der Waals surface area contributed by atoms with Gasteiger partial charge in [0.1, 0.15) is 0 Å². The molecular weight excluding hydrogens is 208 g/mol. The van der Waals surface area contributed by atoms with Crippen molar-refractivity contribution in [3.8, 4) is 0 Å². The zero-order chi connectivity index (χ0) is 10.4. The van der Waals surface area contributed by atoms with Gasteiger partial charge in [-0.2, -0.15) is 0 Å². The van der Waals surface area contributed by atoms with Crippen molar-refractivity contribution in [1.82, 2.24) is 0 Å². The molecule has 0 aromatic rings. The van der Waals surface area contributed by atoms with Crippen molar-refractivity contribution in [2.45, 2.75) is 19.8 Å². The Balaban J connectivity index is 2.75. The second-order valence-corrected chi connectivity index (χ2v) is 5.90. The Morgan fingerprint density at radius 2 is 2.00 bits per heavy atom. The highest BCUT2D eigenvalue weighted by Gasteiger charge is 2.16. The van der Waals surface area contributed by atoms with Gasteiger partial charge in [0.15, 0.2) is 0 Å². The maximum Gasteiger partial charge on any atom is 0.0399 e. The lowest BCUT2D eigenvalue weighted by Gasteiger charge is -2.15. The standard InChI is InChI=1S/C12H18S2/c1-4-6-10(3)11(7-5-2)12-13-8-9-14-12/h4-5,10H,1-2,6-9H2,3H3. The molecule has 0 aromatic carbocycles. The lowest BCUT2D eigenvalue weighted by Crippen LogP contribution is -1.98. The van der Waals surface area contributed by atoms with Crippen LogP contribution in [0.5, 0.6) is 0 Å². The summed E-state index contributed by atoms with van der Waals surface area (Å²) in [6.07, 6.45) is 6.14. The van der Waals surface area contributed by atoms with Gasteiger partial charge in [-0.3, -0.25) is 0 Å². The Kier molecular flexibility index (Phi) is 5.49. The summed E-state index contributed by atoms with van der Waals surface area (Å²) in [5, 5.41) is 0. The van der Waals surface area contributed by atoms with Crippen LogP contribution in [-0.2, 0) is 0 Å². The van der Waals surface area contributed by atoms with E-state index in [1.165, 1.54) is 11.5 Å². The lowest BCUT2D eigenvalue weighted by molar-refractivity contribution is 0.680. The van der Waals surface area contributed by atoms with Gasteiger partial charge in [-0.25, -0.2) is 0 Å². The van der Waals surface area contributed by atoms with Crippen molar-refractivity contribution < 1.29 is 0 Å². The Morgan fingerprint density at radius 3 is 2.50 bits per heavy atom. The van der Waals surface area contributed by atoms with Gasteiger partial charge < -0.3 is 0 Å². The molecule has 1 heterocycles. The fourth-order valence-electron chi connectivity index (χ4n) is 1.53. The van der Waals surface area contributed by atoms with E-state index in [-0.39, 0.29) is 0 Å². The molecule has 0 N–H and O–H groups in total. The van der Waals surface area contributed by atoms with Crippen LogP contribution in [0.1, 0.15) is 19.8 Å². The normalized spacial score (nSPS) is 17.9. The molecule has 1 unspecified atom stereocenters. The molecule has 0 aliphatic carbocycles. The van der Waals surface area contributed by atoms with Gasteiger partial charge in [0.05, 0.1) is 0 Å². The minimum atomic E-state index is 0.624. The number of rotatable bonds is 5. The van der Waals surface area contributed by atoms with E-state index >= 15 is 0 Å². The molecule has 1 fully saturated rings. The fourth-order valence-corrected chi connectivity index (χ4v) is 4.34. The van der Waals surface area contributed by atoms with Gasteiger partial charge in [-0.1, -0.05) is 19.1 Å². The second kappa shape index (κ2) is 6.41. The van der Waals surface area contributed by atoms with Crippen LogP contribution in [0.2, 0.25) is 0 Å². The molecule has 0 amide bonds. The second-order valence-electron chi connectivity index (χ2n) is 3.43. The molecule has 1 aliphatic heterocycles. The molecule has 0 radical (unpaired) electrons. The smallest absolute Gasteiger partial charge is 0.0399 e. The van der Waals surface area contributed by atoms with Gasteiger partial charge >= 0.3 is 0 Å². The van der Waals surface area contributed by atoms with Crippen LogP contribution in [0, 0.1) is 5.92 Å². The third-order valence-corrected chi connectivity index (χ3v) is 5.12. The first-order valence-electron chi connectivity index (χ1n) is 5.00. The van der Waals surface area contributed by atoms with E-state index in [1.54, 1.807) is 9.81 Å². The summed E-state index contributed by atoms with van der Waals surface area (Å²) in [5.41, 5.74) is 1.56. The van der Waals surface area contributed by atoms with Crippen molar-refractivity contribution in [3.05, 3.63) is 35.1 Å². The Bertz CT molecular complexity index is 233. The number of thioether (sulfide) groups is 2. The van der Waals surface area contributed by atoms with E-state index in [0.29, 0.717) is 5.92 Å². The Hall–Kier alpha value is -0.0800. The summed E-state index contributed by atoms with van der Waals surface area (Å²) in [7, 11) is 0. The maximum atomic E-state index is 3.84. The molecule has 2 heteroatoms. The van der Waals surface area contributed by atoms with Crippen molar-refractivity contribution in [3.63, 3.8) is 0 Å². The van der Waals surface area contributed by atoms with E-state index in [0.717, 1.165) is 12.8 Å². The summed E-state index contributed by atoms with van der Waals surface area (Å²) < 4.78 is 1.54. The average Bonchev–Trinajstić information content (AvgIpc) is 2.67. The van der Waals surface area contributed by atoms with Gasteiger partial charge in [-0.15, -0.1) is 36.7 Å². The van der Waals surface area contributed by atoms with Gasteiger partial charge in [-0.05, 0) is 24.3 Å². The van der Waals surface area contributed by atoms with Crippen molar-refractivity contribution in [1.29, 1.82) is 0 Å². The molecule has 14 heavy (non-hydrogen) atoms. The lowest BCUT2D eigenvalue weighted by atomic mass is 9.96. The molecule has 0 bridgehead atoms. The van der Waals surface area contributed by atoms with Crippen molar-refractivity contribution in [2.75, 3.05) is 11.5 Å². The number of hydrogen-bond acceptors (Lipinski definition) is 2. The Morgan fingerprint density at radius 1 is 1.36 bits per heavy atom. The van der Waals surface area contributed by atoms with Crippen molar-refractivity contribution >= 4 is 23.5 Å². The van der Waals surface area contributed by atoms with E-state index in [4.69, 9.17) is 0 Å². The van der Waals surface area contributed by atoms with Crippen LogP contribution in [0.25, 0.3) is 0 Å². The number of allylic oxidation sites excluding steroid dienone is 3. The predicted molar refractivity (Wildman–Crippen MR) is 70.7 cm³/mol. The van der Waals surface area contributed by atoms with Crippen LogP contribution in [0.4, 0.5) is 0 Å². The minimum absolute atomic E-state index is 0.624. The van der Waals surface area contributed by atoms with Crippen LogP contribution < -0.4 is 0 Å². The van der Waals surface area contributed by atoms with E-state index < -0.39 is 0 Å². The first kappa shape index (κ1) is 12.0. The quantitative estimate of drug-likeness (QED) is 0.635. The first-order valence-corrected chi connectivity index (χ1v) is 6.97. The zero-order valence-electron chi connectivity index (χ0n) is 8.79. The van der Waals surface area contributed by atoms with Crippen LogP contribution >= 0.6 is 23.5 Å². The van der Waals surface area contributed by atoms with E-state index in [9.17, 15) is 0 Å². The summed E-state index contributed by atoms with van der Waals surface area (Å²) >= 11 is 4.01. The molecule has 0 aromatic heterocycles. The van der Waals surface area contributed by atoms with Gasteiger partial charge in [0.25, 0.3) is 0 Å². The third kappa shape index (κ3) is 3.25. The SMILES string of the molecule is C=CCC(=C1SCCS1)C(C)CC=C. The summed E-state index contributed by atoms with van der Waals surface area (Å²) in [4.78, 5) is 0. The summed E-state index contributed by atoms with van der Waals surface area (Å²) in [5.74, 6) is 3.15. The molecular formula is C12H18S2. The highest BCUT2D eigenvalue weighted by Crippen LogP contribution is 2.42. The molecule has 0 saturated carbocycles. The molecule has 0 spiro atoms. The van der Waals surface area contributed by atoms with E-state index in [1.807, 2.05) is 35.7 Å². The molecule has 0 nitrogen and oxygen atoms in total. The largest absolute Gasteiger partial charge is 0.118 e. The highest BCUT2D eigenvalue weighted by atomic mass is 32.2. The predicted octanol–water partition coefficient (Wildman–Crippen LogP) is 4.47. The monoisotopic (exact) mass is 226 g/mol. The maximum absolute atomic E-state index is 3.84. The van der Waals surface area contributed by atoms with Gasteiger partial charge in [0, 0.05) is 15.7 Å². The summed E-state index contributed by atoms with van der Waals surface area (Å²) in [6, 6.07) is 0. The van der Waals surface area contributed by atoms with E-state index in [2.05, 4.69) is 20.1 Å².